The van der Waals surface area contributed by atoms with Gasteiger partial charge in [-0.05, 0) is 43.4 Å². The fourth-order valence-corrected chi connectivity index (χ4v) is 2.01. The summed E-state index contributed by atoms with van der Waals surface area (Å²) in [5.41, 5.74) is 1.95. The zero-order valence-electron chi connectivity index (χ0n) is 11.2. The van der Waals surface area contributed by atoms with E-state index in [0.717, 1.165) is 34.6 Å². The smallest absolute Gasteiger partial charge is 0.145 e. The average molecular weight is 265 g/mol. The van der Waals surface area contributed by atoms with Crippen molar-refractivity contribution in [2.24, 2.45) is 0 Å². The minimum Gasteiger partial charge on any atom is -0.456 e. The molecule has 0 aliphatic rings. The molecule has 0 aliphatic carbocycles. The number of aromatic nitrogens is 2. The molecule has 0 saturated carbocycles. The van der Waals surface area contributed by atoms with E-state index in [2.05, 4.69) is 15.3 Å². The summed E-state index contributed by atoms with van der Waals surface area (Å²) in [5.74, 6) is 1.52. The number of hydrogen-bond donors (Lipinski definition) is 1. The fourth-order valence-electron chi connectivity index (χ4n) is 2.01. The van der Waals surface area contributed by atoms with Crippen LogP contribution in [-0.2, 0) is 6.54 Å². The first-order valence-corrected chi connectivity index (χ1v) is 6.47. The monoisotopic (exact) mass is 265 g/mol. The molecule has 0 saturated heterocycles. The third-order valence-corrected chi connectivity index (χ3v) is 2.97. The predicted molar refractivity (Wildman–Crippen MR) is 78.8 cm³/mol. The highest BCUT2D eigenvalue weighted by molar-refractivity contribution is 5.79. The van der Waals surface area contributed by atoms with Gasteiger partial charge in [0.15, 0.2) is 0 Å². The summed E-state index contributed by atoms with van der Waals surface area (Å²) in [6, 6.07) is 13.7. The molecule has 2 aromatic heterocycles. The Balaban J connectivity index is 1.81. The van der Waals surface area contributed by atoms with Crippen molar-refractivity contribution in [3.05, 3.63) is 60.6 Å². The minimum atomic E-state index is 0.730. The zero-order valence-corrected chi connectivity index (χ0v) is 11.2. The maximum absolute atomic E-state index is 5.81. The molecule has 100 valence electrons. The second kappa shape index (κ2) is 5.67. The summed E-state index contributed by atoms with van der Waals surface area (Å²) in [4.78, 5) is 8.61. The van der Waals surface area contributed by atoms with Crippen molar-refractivity contribution in [1.29, 1.82) is 0 Å². The van der Waals surface area contributed by atoms with Gasteiger partial charge in [0.1, 0.15) is 11.5 Å². The van der Waals surface area contributed by atoms with Crippen LogP contribution < -0.4 is 10.1 Å². The average Bonchev–Trinajstić information content (AvgIpc) is 2.49. The van der Waals surface area contributed by atoms with Crippen molar-refractivity contribution in [1.82, 2.24) is 15.3 Å². The molecule has 0 aliphatic heterocycles. The molecular formula is C16H15N3O. The van der Waals surface area contributed by atoms with Crippen LogP contribution in [0, 0.1) is 0 Å². The lowest BCUT2D eigenvalue weighted by atomic mass is 10.2. The Hall–Kier alpha value is -2.46. The van der Waals surface area contributed by atoms with E-state index in [4.69, 9.17) is 4.74 Å². The first kappa shape index (κ1) is 12.6. The topological polar surface area (TPSA) is 47.0 Å². The molecule has 1 aromatic carbocycles. The van der Waals surface area contributed by atoms with Gasteiger partial charge in [0.2, 0.25) is 0 Å². The van der Waals surface area contributed by atoms with E-state index < -0.39 is 0 Å². The molecule has 4 heteroatoms. The Morgan fingerprint density at radius 1 is 1.05 bits per heavy atom. The Labute approximate surface area is 117 Å². The van der Waals surface area contributed by atoms with E-state index in [9.17, 15) is 0 Å². The van der Waals surface area contributed by atoms with Crippen LogP contribution in [0.2, 0.25) is 0 Å². The quantitative estimate of drug-likeness (QED) is 0.787. The highest BCUT2D eigenvalue weighted by Crippen LogP contribution is 2.24. The summed E-state index contributed by atoms with van der Waals surface area (Å²) < 4.78 is 5.81. The van der Waals surface area contributed by atoms with Crippen LogP contribution in [0.25, 0.3) is 10.9 Å². The number of ether oxygens (including phenoxy) is 1. The first-order valence-electron chi connectivity index (χ1n) is 6.47. The lowest BCUT2D eigenvalue weighted by molar-refractivity contribution is 0.480. The molecule has 20 heavy (non-hydrogen) atoms. The molecule has 0 fully saturated rings. The van der Waals surface area contributed by atoms with Gasteiger partial charge in [0.05, 0.1) is 17.4 Å². The first-order chi connectivity index (χ1) is 9.85. The highest BCUT2D eigenvalue weighted by Gasteiger charge is 2.01. The maximum Gasteiger partial charge on any atom is 0.145 e. The molecule has 0 amide bonds. The van der Waals surface area contributed by atoms with Crippen LogP contribution >= 0.6 is 0 Å². The van der Waals surface area contributed by atoms with Gasteiger partial charge in [0.25, 0.3) is 0 Å². The van der Waals surface area contributed by atoms with E-state index in [1.165, 1.54) is 0 Å². The molecule has 0 spiro atoms. The molecule has 2 heterocycles. The van der Waals surface area contributed by atoms with Gasteiger partial charge >= 0.3 is 0 Å². The molecule has 3 aromatic rings. The van der Waals surface area contributed by atoms with Crippen molar-refractivity contribution >= 4 is 10.9 Å². The summed E-state index contributed by atoms with van der Waals surface area (Å²) >= 11 is 0. The summed E-state index contributed by atoms with van der Waals surface area (Å²) in [7, 11) is 1.90. The number of nitrogens with zero attached hydrogens (tertiary/aromatic N) is 2. The molecular weight excluding hydrogens is 250 g/mol. The van der Waals surface area contributed by atoms with Gasteiger partial charge in [0, 0.05) is 18.1 Å². The molecule has 3 rings (SSSR count). The largest absolute Gasteiger partial charge is 0.456 e. The summed E-state index contributed by atoms with van der Waals surface area (Å²) in [6.45, 7) is 0.752. The van der Waals surface area contributed by atoms with E-state index >= 15 is 0 Å². The lowest BCUT2D eigenvalue weighted by Crippen LogP contribution is -2.06. The normalized spacial score (nSPS) is 10.7. The predicted octanol–water partition coefficient (Wildman–Crippen LogP) is 3.14. The van der Waals surface area contributed by atoms with Gasteiger partial charge in [-0.15, -0.1) is 0 Å². The van der Waals surface area contributed by atoms with Crippen molar-refractivity contribution < 1.29 is 4.74 Å². The van der Waals surface area contributed by atoms with Crippen LogP contribution in [0.5, 0.6) is 11.5 Å². The second-order valence-electron chi connectivity index (χ2n) is 4.48. The standard InChI is InChI=1S/C16H15N3O/c1-17-10-13-4-5-15(11-19-13)20-14-6-7-16-12(9-14)3-2-8-18-16/h2-9,11,17H,10H2,1H3. The SMILES string of the molecule is CNCc1ccc(Oc2ccc3ncccc3c2)cn1. The highest BCUT2D eigenvalue weighted by atomic mass is 16.5. The van der Waals surface area contributed by atoms with Crippen molar-refractivity contribution in [2.45, 2.75) is 6.54 Å². The number of hydrogen-bond acceptors (Lipinski definition) is 4. The number of rotatable bonds is 4. The van der Waals surface area contributed by atoms with Crippen LogP contribution in [0.15, 0.2) is 54.9 Å². The van der Waals surface area contributed by atoms with Gasteiger partial charge in [-0.25, -0.2) is 0 Å². The van der Waals surface area contributed by atoms with E-state index in [0.29, 0.717) is 0 Å². The maximum atomic E-state index is 5.81. The third kappa shape index (κ3) is 2.75. The van der Waals surface area contributed by atoms with Gasteiger partial charge < -0.3 is 10.1 Å². The Morgan fingerprint density at radius 3 is 2.75 bits per heavy atom. The van der Waals surface area contributed by atoms with Gasteiger partial charge in [-0.2, -0.15) is 0 Å². The van der Waals surface area contributed by atoms with E-state index in [-0.39, 0.29) is 0 Å². The Kier molecular flexibility index (Phi) is 3.56. The third-order valence-electron chi connectivity index (χ3n) is 2.97. The minimum absolute atomic E-state index is 0.730. The lowest BCUT2D eigenvalue weighted by Gasteiger charge is -2.07. The number of pyridine rings is 2. The van der Waals surface area contributed by atoms with Crippen LogP contribution in [0.4, 0.5) is 0 Å². The number of benzene rings is 1. The molecule has 0 unspecified atom stereocenters. The van der Waals surface area contributed by atoms with E-state index in [1.807, 2.05) is 49.5 Å². The van der Waals surface area contributed by atoms with E-state index in [1.54, 1.807) is 12.4 Å². The van der Waals surface area contributed by atoms with Crippen molar-refractivity contribution in [3.63, 3.8) is 0 Å². The fraction of sp³-hybridized carbons (Fsp3) is 0.125. The summed E-state index contributed by atoms with van der Waals surface area (Å²) in [5, 5.41) is 4.12. The van der Waals surface area contributed by atoms with Crippen molar-refractivity contribution in [2.75, 3.05) is 7.05 Å². The summed E-state index contributed by atoms with van der Waals surface area (Å²) in [6.07, 6.45) is 3.52. The Morgan fingerprint density at radius 2 is 1.95 bits per heavy atom. The van der Waals surface area contributed by atoms with Crippen molar-refractivity contribution in [3.8, 4) is 11.5 Å². The molecule has 0 atom stereocenters. The molecule has 0 bridgehead atoms. The van der Waals surface area contributed by atoms with Crippen LogP contribution in [0.3, 0.4) is 0 Å². The van der Waals surface area contributed by atoms with Gasteiger partial charge in [-0.1, -0.05) is 6.07 Å². The molecule has 4 nitrogen and oxygen atoms in total. The van der Waals surface area contributed by atoms with Gasteiger partial charge in [-0.3, -0.25) is 9.97 Å². The molecule has 0 radical (unpaired) electrons. The van der Waals surface area contributed by atoms with Crippen LogP contribution in [0.1, 0.15) is 5.69 Å². The Bertz CT molecular complexity index is 710. The van der Waals surface area contributed by atoms with Crippen LogP contribution in [-0.4, -0.2) is 17.0 Å². The number of fused-ring (bicyclic) bond motifs is 1. The second-order valence-corrected chi connectivity index (χ2v) is 4.48. The number of nitrogens with one attached hydrogen (secondary N) is 1. The molecule has 1 N–H and O–H groups in total. The zero-order chi connectivity index (χ0) is 13.8.